The Morgan fingerprint density at radius 3 is 2.44 bits per heavy atom. The van der Waals surface area contributed by atoms with Gasteiger partial charge in [-0.15, -0.1) is 12.4 Å². The molecule has 0 radical (unpaired) electrons. The first-order valence-corrected chi connectivity index (χ1v) is 12.3. The summed E-state index contributed by atoms with van der Waals surface area (Å²) in [6, 6.07) is 24.4. The molecule has 32 heavy (non-hydrogen) atoms. The lowest BCUT2D eigenvalue weighted by molar-refractivity contribution is 0.409. The van der Waals surface area contributed by atoms with Gasteiger partial charge in [0.1, 0.15) is 0 Å². The normalized spacial score (nSPS) is 17.9. The number of hydrogen-bond acceptors (Lipinski definition) is 3. The van der Waals surface area contributed by atoms with E-state index in [0.717, 1.165) is 30.4 Å². The zero-order chi connectivity index (χ0) is 21.8. The summed E-state index contributed by atoms with van der Waals surface area (Å²) in [5, 5.41) is 3.51. The maximum Gasteiger partial charge on any atom is 0.240 e. The van der Waals surface area contributed by atoms with Crippen molar-refractivity contribution in [3.8, 4) is 0 Å². The van der Waals surface area contributed by atoms with Crippen LogP contribution in [0.25, 0.3) is 0 Å². The molecule has 0 saturated heterocycles. The number of sulfonamides is 1. The van der Waals surface area contributed by atoms with E-state index in [2.05, 4.69) is 52.5 Å². The van der Waals surface area contributed by atoms with E-state index >= 15 is 0 Å². The Morgan fingerprint density at radius 2 is 1.72 bits per heavy atom. The Bertz CT molecular complexity index is 1150. The number of likely N-dealkylation sites (N-methyl/N-ethyl adjacent to an activating group) is 1. The van der Waals surface area contributed by atoms with Gasteiger partial charge in [-0.3, -0.25) is 0 Å². The highest BCUT2D eigenvalue weighted by Crippen LogP contribution is 2.35. The van der Waals surface area contributed by atoms with Gasteiger partial charge in [-0.25, -0.2) is 13.1 Å². The quantitative estimate of drug-likeness (QED) is 0.523. The zero-order valence-corrected chi connectivity index (χ0v) is 20.2. The topological polar surface area (TPSA) is 58.2 Å². The van der Waals surface area contributed by atoms with E-state index < -0.39 is 10.0 Å². The fraction of sp³-hybridized carbons (Fsp3) is 0.308. The summed E-state index contributed by atoms with van der Waals surface area (Å²) in [6.45, 7) is 2.18. The van der Waals surface area contributed by atoms with E-state index in [9.17, 15) is 8.42 Å². The molecule has 0 bridgehead atoms. The van der Waals surface area contributed by atoms with Gasteiger partial charge in [0.15, 0.2) is 0 Å². The van der Waals surface area contributed by atoms with Gasteiger partial charge in [0.05, 0.1) is 4.90 Å². The molecule has 4 nitrogen and oxygen atoms in total. The van der Waals surface area contributed by atoms with Crippen molar-refractivity contribution in [1.29, 1.82) is 0 Å². The third kappa shape index (κ3) is 5.59. The van der Waals surface area contributed by atoms with Crippen LogP contribution in [0.2, 0.25) is 0 Å². The Balaban J connectivity index is 0.00000289. The van der Waals surface area contributed by atoms with Crippen molar-refractivity contribution in [3.05, 3.63) is 101 Å². The van der Waals surface area contributed by atoms with Gasteiger partial charge in [-0.2, -0.15) is 0 Å². The van der Waals surface area contributed by atoms with Gasteiger partial charge >= 0.3 is 0 Å². The van der Waals surface area contributed by atoms with Crippen LogP contribution < -0.4 is 10.0 Å². The molecule has 1 aliphatic carbocycles. The van der Waals surface area contributed by atoms with E-state index in [4.69, 9.17) is 0 Å². The standard InChI is InChI=1S/C26H30N2O2S.ClH/c1-19-7-6-10-23(15-19)31(29,30)28-18-21-11-12-22-13-14-26(27-2)25(24(22)17-21)16-20-8-4-3-5-9-20;/h3-12,15,17,25-28H,13-14,16,18H2,1-2H3;1H. The van der Waals surface area contributed by atoms with Gasteiger partial charge in [-0.1, -0.05) is 60.7 Å². The van der Waals surface area contributed by atoms with Crippen LogP contribution in [-0.4, -0.2) is 21.5 Å². The SMILES string of the molecule is CNC1CCc2ccc(CNS(=O)(=O)c3cccc(C)c3)cc2C1Cc1ccccc1.Cl. The molecule has 3 aromatic rings. The molecule has 2 N–H and O–H groups in total. The van der Waals surface area contributed by atoms with E-state index in [1.807, 2.05) is 26.1 Å². The fourth-order valence-electron chi connectivity index (χ4n) is 4.57. The van der Waals surface area contributed by atoms with Gasteiger partial charge in [0.2, 0.25) is 10.0 Å². The van der Waals surface area contributed by atoms with Crippen LogP contribution in [-0.2, 0) is 29.4 Å². The predicted molar refractivity (Wildman–Crippen MR) is 133 cm³/mol. The molecule has 6 heteroatoms. The van der Waals surface area contributed by atoms with Crippen molar-refractivity contribution >= 4 is 22.4 Å². The summed E-state index contributed by atoms with van der Waals surface area (Å²) >= 11 is 0. The number of benzene rings is 3. The molecule has 0 spiro atoms. The molecule has 0 fully saturated rings. The molecule has 0 aromatic heterocycles. The highest BCUT2D eigenvalue weighted by atomic mass is 35.5. The number of hydrogen-bond donors (Lipinski definition) is 2. The molecule has 0 saturated carbocycles. The summed E-state index contributed by atoms with van der Waals surface area (Å²) in [7, 11) is -1.51. The van der Waals surface area contributed by atoms with Crippen molar-refractivity contribution in [2.45, 2.75) is 49.6 Å². The van der Waals surface area contributed by atoms with Gasteiger partial charge in [0, 0.05) is 18.5 Å². The summed E-state index contributed by atoms with van der Waals surface area (Å²) < 4.78 is 28.2. The Morgan fingerprint density at radius 1 is 0.938 bits per heavy atom. The van der Waals surface area contributed by atoms with E-state index in [0.29, 0.717) is 16.9 Å². The van der Waals surface area contributed by atoms with Gasteiger partial charge in [-0.05, 0) is 73.2 Å². The van der Waals surface area contributed by atoms with Crippen LogP contribution in [0.15, 0.2) is 77.7 Å². The Kier molecular flexibility index (Phi) is 8.12. The van der Waals surface area contributed by atoms with Crippen LogP contribution >= 0.6 is 12.4 Å². The molecule has 4 rings (SSSR count). The summed E-state index contributed by atoms with van der Waals surface area (Å²) in [4.78, 5) is 0.308. The zero-order valence-electron chi connectivity index (χ0n) is 18.5. The molecular formula is C26H31ClN2O2S. The van der Waals surface area contributed by atoms with Crippen LogP contribution in [0.5, 0.6) is 0 Å². The lowest BCUT2D eigenvalue weighted by Gasteiger charge is -2.34. The van der Waals surface area contributed by atoms with Crippen molar-refractivity contribution in [3.63, 3.8) is 0 Å². The molecular weight excluding hydrogens is 440 g/mol. The first-order valence-electron chi connectivity index (χ1n) is 10.9. The van der Waals surface area contributed by atoms with Crippen LogP contribution in [0.3, 0.4) is 0 Å². The van der Waals surface area contributed by atoms with Crippen LogP contribution in [0, 0.1) is 6.92 Å². The van der Waals surface area contributed by atoms with Crippen molar-refractivity contribution in [2.75, 3.05) is 7.05 Å². The summed E-state index contributed by atoms with van der Waals surface area (Å²) in [6.07, 6.45) is 3.12. The van der Waals surface area contributed by atoms with Crippen molar-refractivity contribution in [1.82, 2.24) is 10.0 Å². The number of halogens is 1. The minimum atomic E-state index is -3.54. The number of aryl methyl sites for hydroxylation is 2. The highest BCUT2D eigenvalue weighted by molar-refractivity contribution is 7.89. The number of rotatable bonds is 7. The molecule has 2 unspecified atom stereocenters. The van der Waals surface area contributed by atoms with Gasteiger partial charge in [0.25, 0.3) is 0 Å². The molecule has 1 aliphatic rings. The van der Waals surface area contributed by atoms with Crippen molar-refractivity contribution < 1.29 is 8.42 Å². The lowest BCUT2D eigenvalue weighted by Crippen LogP contribution is -2.37. The molecule has 0 amide bonds. The second-order valence-electron chi connectivity index (χ2n) is 8.40. The summed E-state index contributed by atoms with van der Waals surface area (Å²) in [5.74, 6) is 0.365. The minimum Gasteiger partial charge on any atom is -0.316 e. The number of nitrogens with one attached hydrogen (secondary N) is 2. The smallest absolute Gasteiger partial charge is 0.240 e. The lowest BCUT2D eigenvalue weighted by atomic mass is 9.75. The van der Waals surface area contributed by atoms with Gasteiger partial charge < -0.3 is 5.32 Å². The third-order valence-electron chi connectivity index (χ3n) is 6.26. The Labute approximate surface area is 197 Å². The van der Waals surface area contributed by atoms with E-state index in [-0.39, 0.29) is 19.0 Å². The fourth-order valence-corrected chi connectivity index (χ4v) is 5.69. The van der Waals surface area contributed by atoms with Crippen LogP contribution in [0.1, 0.15) is 40.2 Å². The van der Waals surface area contributed by atoms with E-state index in [1.54, 1.807) is 18.2 Å². The minimum absolute atomic E-state index is 0. The second-order valence-corrected chi connectivity index (χ2v) is 10.2. The van der Waals surface area contributed by atoms with Crippen molar-refractivity contribution in [2.24, 2.45) is 0 Å². The third-order valence-corrected chi connectivity index (χ3v) is 7.65. The average molecular weight is 471 g/mol. The molecule has 170 valence electrons. The second kappa shape index (κ2) is 10.6. The molecule has 2 atom stereocenters. The first kappa shape index (κ1) is 24.5. The first-order chi connectivity index (χ1) is 15.0. The number of fused-ring (bicyclic) bond motifs is 1. The maximum atomic E-state index is 12.7. The molecule has 0 aliphatic heterocycles. The Hall–Kier alpha value is -2.18. The monoisotopic (exact) mass is 470 g/mol. The largest absolute Gasteiger partial charge is 0.316 e. The van der Waals surface area contributed by atoms with Crippen LogP contribution in [0.4, 0.5) is 0 Å². The maximum absolute atomic E-state index is 12.7. The van der Waals surface area contributed by atoms with E-state index in [1.165, 1.54) is 16.7 Å². The molecule has 0 heterocycles. The highest BCUT2D eigenvalue weighted by Gasteiger charge is 2.29. The average Bonchev–Trinajstić information content (AvgIpc) is 2.78. The summed E-state index contributed by atoms with van der Waals surface area (Å²) in [5.41, 5.74) is 5.95. The molecule has 3 aromatic carbocycles. The predicted octanol–water partition coefficient (Wildman–Crippen LogP) is 4.76.